The highest BCUT2D eigenvalue weighted by Gasteiger charge is 2.34. The van der Waals surface area contributed by atoms with Gasteiger partial charge in [-0.25, -0.2) is 4.79 Å². The van der Waals surface area contributed by atoms with Gasteiger partial charge in [0.25, 0.3) is 0 Å². The third kappa shape index (κ3) is 15.8. The molecule has 1 aromatic rings. The van der Waals surface area contributed by atoms with Crippen molar-refractivity contribution >= 4 is 59.2 Å². The lowest BCUT2D eigenvalue weighted by Crippen LogP contribution is -2.59. The lowest BCUT2D eigenvalue weighted by molar-refractivity contribution is -0.142. The summed E-state index contributed by atoms with van der Waals surface area (Å²) < 4.78 is 0. The molecule has 1 aromatic carbocycles. The van der Waals surface area contributed by atoms with Crippen molar-refractivity contribution < 1.29 is 53.7 Å². The first-order chi connectivity index (χ1) is 22.5. The number of rotatable bonds is 22. The molecule has 0 aliphatic heterocycles. The molecule has 0 aliphatic rings. The van der Waals surface area contributed by atoms with Crippen molar-refractivity contribution in [2.75, 3.05) is 12.0 Å². The van der Waals surface area contributed by atoms with Crippen LogP contribution in [-0.2, 0) is 44.8 Å². The molecule has 0 radical (unpaired) electrons. The molecule has 0 aromatic heterocycles. The van der Waals surface area contributed by atoms with E-state index in [1.807, 2.05) is 0 Å². The fourth-order valence-corrected chi connectivity index (χ4v) is 4.94. The number of aliphatic carboxylic acids is 3. The van der Waals surface area contributed by atoms with Gasteiger partial charge in [-0.2, -0.15) is 11.8 Å². The zero-order chi connectivity index (χ0) is 36.4. The van der Waals surface area contributed by atoms with Crippen LogP contribution in [0.2, 0.25) is 0 Å². The molecular formula is C31H45N5O11S. The number of thioether (sulfide) groups is 1. The molecule has 48 heavy (non-hydrogen) atoms. The van der Waals surface area contributed by atoms with Crippen LogP contribution in [0.5, 0.6) is 0 Å². The Hall–Kier alpha value is -4.67. The highest BCUT2D eigenvalue weighted by molar-refractivity contribution is 7.98. The molecule has 0 saturated carbocycles. The van der Waals surface area contributed by atoms with Crippen LogP contribution in [0.15, 0.2) is 30.3 Å². The van der Waals surface area contributed by atoms with Crippen LogP contribution in [0.25, 0.3) is 0 Å². The van der Waals surface area contributed by atoms with Crippen molar-refractivity contribution in [3.63, 3.8) is 0 Å². The van der Waals surface area contributed by atoms with E-state index < -0.39 is 109 Å². The van der Waals surface area contributed by atoms with E-state index in [1.54, 1.807) is 50.4 Å². The van der Waals surface area contributed by atoms with Gasteiger partial charge in [0.2, 0.25) is 29.5 Å². The molecule has 16 nitrogen and oxygen atoms in total. The molecule has 0 heterocycles. The molecule has 0 spiro atoms. The smallest absolute Gasteiger partial charge is 0.326 e. The van der Waals surface area contributed by atoms with Crippen molar-refractivity contribution in [2.24, 2.45) is 5.92 Å². The standard InChI is InChI=1S/C31H45N5O11S/c1-17(2)26(30(45)35-23(31(46)47)16-19-8-6-5-7-9-19)36-29(44)21(11-13-25(40)41)34-27(42)20(10-12-24(38)39)33-28(43)22(14-15-48-4)32-18(3)37/h5-9,17,20-23,26H,10-16H2,1-4H3,(H,32,37)(H,33,43)(H,34,42)(H,35,45)(H,36,44)(H,38,39)(H,40,41)(H,46,47)/t20-,21-,22-,23-,26-/m0/s1. The Labute approximate surface area is 282 Å². The van der Waals surface area contributed by atoms with E-state index in [0.717, 1.165) is 0 Å². The lowest BCUT2D eigenvalue weighted by Gasteiger charge is -2.28. The van der Waals surface area contributed by atoms with Gasteiger partial charge in [0.1, 0.15) is 30.2 Å². The summed E-state index contributed by atoms with van der Waals surface area (Å²) in [6.07, 6.45) is -0.0180. The molecule has 17 heteroatoms. The number of carboxylic acids is 3. The van der Waals surface area contributed by atoms with Crippen LogP contribution in [0.1, 0.15) is 58.4 Å². The van der Waals surface area contributed by atoms with E-state index in [2.05, 4.69) is 26.6 Å². The van der Waals surface area contributed by atoms with E-state index in [1.165, 1.54) is 18.7 Å². The maximum Gasteiger partial charge on any atom is 0.326 e. The molecule has 5 amide bonds. The molecule has 266 valence electrons. The topological polar surface area (TPSA) is 257 Å². The third-order valence-corrected chi connectivity index (χ3v) is 7.65. The van der Waals surface area contributed by atoms with Crippen LogP contribution in [0.4, 0.5) is 0 Å². The number of carbonyl (C=O) groups excluding carboxylic acids is 5. The zero-order valence-corrected chi connectivity index (χ0v) is 28.1. The van der Waals surface area contributed by atoms with Gasteiger partial charge in [0.15, 0.2) is 0 Å². The Morgan fingerprint density at radius 1 is 0.646 bits per heavy atom. The van der Waals surface area contributed by atoms with Gasteiger partial charge < -0.3 is 41.9 Å². The van der Waals surface area contributed by atoms with Crippen LogP contribution in [-0.4, -0.2) is 105 Å². The molecular weight excluding hydrogens is 650 g/mol. The second kappa shape index (κ2) is 21.3. The zero-order valence-electron chi connectivity index (χ0n) is 27.3. The van der Waals surface area contributed by atoms with Gasteiger partial charge in [-0.05, 0) is 42.8 Å². The largest absolute Gasteiger partial charge is 0.481 e. The van der Waals surface area contributed by atoms with Crippen LogP contribution in [0, 0.1) is 5.92 Å². The average molecular weight is 696 g/mol. The summed E-state index contributed by atoms with van der Waals surface area (Å²) in [6.45, 7) is 4.38. The maximum absolute atomic E-state index is 13.4. The first kappa shape index (κ1) is 41.4. The van der Waals surface area contributed by atoms with Crippen LogP contribution < -0.4 is 26.6 Å². The minimum absolute atomic E-state index is 0.0402. The van der Waals surface area contributed by atoms with Crippen LogP contribution in [0.3, 0.4) is 0 Å². The number of benzene rings is 1. The Morgan fingerprint density at radius 3 is 1.52 bits per heavy atom. The summed E-state index contributed by atoms with van der Waals surface area (Å²) in [7, 11) is 0. The second-order valence-electron chi connectivity index (χ2n) is 11.3. The minimum atomic E-state index is -1.55. The fraction of sp³-hybridized carbons (Fsp3) is 0.548. The molecule has 1 rings (SSSR count). The van der Waals surface area contributed by atoms with E-state index in [-0.39, 0.29) is 12.8 Å². The number of amides is 5. The monoisotopic (exact) mass is 695 g/mol. The Kier molecular flexibility index (Phi) is 18.3. The van der Waals surface area contributed by atoms with Gasteiger partial charge in [0, 0.05) is 26.2 Å². The summed E-state index contributed by atoms with van der Waals surface area (Å²) in [5.41, 5.74) is 0.643. The number of nitrogens with one attached hydrogen (secondary N) is 5. The highest BCUT2D eigenvalue weighted by Crippen LogP contribution is 2.10. The second-order valence-corrected chi connectivity index (χ2v) is 12.3. The van der Waals surface area contributed by atoms with E-state index in [0.29, 0.717) is 11.3 Å². The van der Waals surface area contributed by atoms with Gasteiger partial charge in [-0.1, -0.05) is 44.2 Å². The fourth-order valence-electron chi connectivity index (χ4n) is 4.47. The van der Waals surface area contributed by atoms with Gasteiger partial charge in [0.05, 0.1) is 0 Å². The maximum atomic E-state index is 13.4. The highest BCUT2D eigenvalue weighted by atomic mass is 32.2. The van der Waals surface area contributed by atoms with Crippen molar-refractivity contribution in [1.82, 2.24) is 26.6 Å². The predicted octanol–water partition coefficient (Wildman–Crippen LogP) is -0.104. The quantitative estimate of drug-likeness (QED) is 0.0791. The number of carboxylic acid groups (broad SMARTS) is 3. The minimum Gasteiger partial charge on any atom is -0.481 e. The van der Waals surface area contributed by atoms with Gasteiger partial charge in [-0.15, -0.1) is 0 Å². The SMILES string of the molecule is CSCC[C@H](NC(C)=O)C(=O)N[C@@H](CCC(=O)O)C(=O)N[C@@H](CCC(=O)O)C(=O)N[C@H](C(=O)N[C@@H](Cc1ccccc1)C(=O)O)C(C)C. The summed E-state index contributed by atoms with van der Waals surface area (Å²) >= 11 is 1.41. The van der Waals surface area contributed by atoms with E-state index in [4.69, 9.17) is 0 Å². The molecule has 5 atom stereocenters. The Morgan fingerprint density at radius 2 is 1.10 bits per heavy atom. The van der Waals surface area contributed by atoms with Gasteiger partial charge in [-0.3, -0.25) is 33.6 Å². The lowest BCUT2D eigenvalue weighted by atomic mass is 10.00. The summed E-state index contributed by atoms with van der Waals surface area (Å²) in [6, 6.07) is 1.85. The molecule has 0 saturated heterocycles. The molecule has 0 aliphatic carbocycles. The third-order valence-electron chi connectivity index (χ3n) is 7.01. The van der Waals surface area contributed by atoms with E-state index >= 15 is 0 Å². The average Bonchev–Trinajstić information content (AvgIpc) is 3.01. The molecule has 0 unspecified atom stereocenters. The molecule has 0 bridgehead atoms. The van der Waals surface area contributed by atoms with Crippen molar-refractivity contribution in [3.05, 3.63) is 35.9 Å². The molecule has 8 N–H and O–H groups in total. The van der Waals surface area contributed by atoms with Crippen molar-refractivity contribution in [3.8, 4) is 0 Å². The Bertz CT molecular complexity index is 1290. The number of hydrogen-bond acceptors (Lipinski definition) is 9. The normalized spacial score (nSPS) is 13.9. The van der Waals surface area contributed by atoms with Crippen LogP contribution >= 0.6 is 11.8 Å². The summed E-state index contributed by atoms with van der Waals surface area (Å²) in [5.74, 6) is -8.05. The van der Waals surface area contributed by atoms with Crippen molar-refractivity contribution in [2.45, 2.75) is 89.5 Å². The predicted molar refractivity (Wildman–Crippen MR) is 175 cm³/mol. The van der Waals surface area contributed by atoms with E-state index in [9.17, 15) is 53.7 Å². The first-order valence-electron chi connectivity index (χ1n) is 15.2. The summed E-state index contributed by atoms with van der Waals surface area (Å²) in [5, 5.41) is 40.3. The number of hydrogen-bond donors (Lipinski definition) is 8. The summed E-state index contributed by atoms with van der Waals surface area (Å²) in [4.78, 5) is 99.3. The first-order valence-corrected chi connectivity index (χ1v) is 16.6. The molecule has 0 fully saturated rings. The Balaban J connectivity index is 3.21. The van der Waals surface area contributed by atoms with Crippen molar-refractivity contribution in [1.29, 1.82) is 0 Å². The number of carbonyl (C=O) groups is 8. The van der Waals surface area contributed by atoms with Gasteiger partial charge >= 0.3 is 17.9 Å².